The Hall–Kier alpha value is -3.28. The van der Waals surface area contributed by atoms with Crippen LogP contribution >= 0.6 is 11.9 Å². The van der Waals surface area contributed by atoms with Crippen molar-refractivity contribution in [3.63, 3.8) is 0 Å². The van der Waals surface area contributed by atoms with Gasteiger partial charge in [-0.05, 0) is 104 Å². The smallest absolute Gasteiger partial charge is 0.407 e. The minimum absolute atomic E-state index is 0.0666. The summed E-state index contributed by atoms with van der Waals surface area (Å²) in [7, 11) is 0. The third-order valence-corrected chi connectivity index (χ3v) is 10.8. The van der Waals surface area contributed by atoms with Crippen LogP contribution in [-0.4, -0.2) is 76.8 Å². The number of carbonyl (C=O) groups is 5. The standard InChI is InChI=1S/C35H52N4O7S.C4H10/c1-5-22(2)30(32(42)38-47-26-14-15-26)37-31(41)28-13-9-17-39(28)29(40)20-36-34(45)46-21-35(3,4)16-7-6-10-23-11-8-12-24-18-25(33(43)44)19-27(23)24;1-4(2)3/h8,11-12,22,25-26,28,30H,5-7,9-10,13-21H2,1-4H3,(H,36,45)(H,37,41)(H,38,42)(H,43,44);4H,1-3H3/t22-,25?,28?,30?;/m0./s1. The van der Waals surface area contributed by atoms with Crippen LogP contribution in [0.15, 0.2) is 18.2 Å². The Morgan fingerprint density at radius 2 is 1.75 bits per heavy atom. The van der Waals surface area contributed by atoms with Gasteiger partial charge in [-0.15, -0.1) is 0 Å². The van der Waals surface area contributed by atoms with E-state index in [1.807, 2.05) is 39.8 Å². The Balaban J connectivity index is 0.00000166. The van der Waals surface area contributed by atoms with Crippen LogP contribution in [0.5, 0.6) is 0 Å². The number of hydrogen-bond donors (Lipinski definition) is 4. The van der Waals surface area contributed by atoms with Crippen molar-refractivity contribution in [2.45, 2.75) is 136 Å². The molecule has 4 rings (SSSR count). The zero-order chi connectivity index (χ0) is 37.7. The second-order valence-corrected chi connectivity index (χ2v) is 17.0. The van der Waals surface area contributed by atoms with Gasteiger partial charge in [0, 0.05) is 11.8 Å². The number of hydrogen-bond acceptors (Lipinski definition) is 7. The Morgan fingerprint density at radius 1 is 1.04 bits per heavy atom. The molecule has 4 amide bonds. The average molecular weight is 731 g/mol. The van der Waals surface area contributed by atoms with Crippen molar-refractivity contribution in [2.24, 2.45) is 23.2 Å². The minimum atomic E-state index is -0.735. The Bertz CT molecular complexity index is 1350. The Morgan fingerprint density at radius 3 is 2.39 bits per heavy atom. The van der Waals surface area contributed by atoms with Crippen molar-refractivity contribution in [1.29, 1.82) is 0 Å². The van der Waals surface area contributed by atoms with E-state index < -0.39 is 24.1 Å². The van der Waals surface area contributed by atoms with Gasteiger partial charge in [0.05, 0.1) is 12.5 Å². The van der Waals surface area contributed by atoms with E-state index in [1.54, 1.807) is 0 Å². The van der Waals surface area contributed by atoms with E-state index in [0.29, 0.717) is 43.9 Å². The minimum Gasteiger partial charge on any atom is -0.481 e. The van der Waals surface area contributed by atoms with Crippen LogP contribution in [-0.2, 0) is 43.2 Å². The lowest BCUT2D eigenvalue weighted by atomic mass is 9.87. The number of carboxylic acids is 1. The lowest BCUT2D eigenvalue weighted by molar-refractivity contribution is -0.141. The van der Waals surface area contributed by atoms with Gasteiger partial charge in [-0.3, -0.25) is 23.9 Å². The fourth-order valence-electron chi connectivity index (χ4n) is 6.37. The molecule has 1 saturated carbocycles. The van der Waals surface area contributed by atoms with Crippen molar-refractivity contribution in [3.8, 4) is 0 Å². The number of carbonyl (C=O) groups excluding carboxylic acids is 4. The van der Waals surface area contributed by atoms with Gasteiger partial charge in [0.25, 0.3) is 5.91 Å². The largest absolute Gasteiger partial charge is 0.481 e. The van der Waals surface area contributed by atoms with Crippen LogP contribution < -0.4 is 15.4 Å². The van der Waals surface area contributed by atoms with Crippen molar-refractivity contribution in [3.05, 3.63) is 34.9 Å². The van der Waals surface area contributed by atoms with Gasteiger partial charge < -0.3 is 25.4 Å². The molecule has 3 unspecified atom stereocenters. The third kappa shape index (κ3) is 14.0. The van der Waals surface area contributed by atoms with Gasteiger partial charge in [0.15, 0.2) is 0 Å². The molecule has 12 heteroatoms. The average Bonchev–Trinajstić information content (AvgIpc) is 3.57. The van der Waals surface area contributed by atoms with Gasteiger partial charge in [-0.1, -0.05) is 79.5 Å². The molecule has 1 aromatic carbocycles. The topological polar surface area (TPSA) is 154 Å². The molecule has 2 aliphatic carbocycles. The number of nitrogens with one attached hydrogen (secondary N) is 3. The summed E-state index contributed by atoms with van der Waals surface area (Å²) in [4.78, 5) is 64.6. The molecule has 2 fully saturated rings. The summed E-state index contributed by atoms with van der Waals surface area (Å²) in [5.41, 5.74) is 3.30. The summed E-state index contributed by atoms with van der Waals surface area (Å²) in [5.74, 6) is -1.23. The summed E-state index contributed by atoms with van der Waals surface area (Å²) < 4.78 is 8.35. The second-order valence-electron chi connectivity index (χ2n) is 15.9. The molecule has 4 N–H and O–H groups in total. The first-order chi connectivity index (χ1) is 24.1. The molecule has 1 aromatic rings. The highest BCUT2D eigenvalue weighted by molar-refractivity contribution is 7.98. The number of aryl methyl sites for hydroxylation is 1. The molecule has 286 valence electrons. The van der Waals surface area contributed by atoms with Gasteiger partial charge in [-0.25, -0.2) is 4.79 Å². The monoisotopic (exact) mass is 730 g/mol. The number of nitrogens with zero attached hydrogens (tertiary/aromatic N) is 1. The van der Waals surface area contributed by atoms with Gasteiger partial charge in [-0.2, -0.15) is 0 Å². The van der Waals surface area contributed by atoms with Gasteiger partial charge in [0.1, 0.15) is 18.6 Å². The number of aliphatic carboxylic acids is 1. The summed E-state index contributed by atoms with van der Waals surface area (Å²) in [6.45, 7) is 14.8. The molecule has 51 heavy (non-hydrogen) atoms. The third-order valence-electron chi connectivity index (χ3n) is 9.68. The van der Waals surface area contributed by atoms with Crippen LogP contribution in [0.25, 0.3) is 0 Å². The predicted molar refractivity (Wildman–Crippen MR) is 201 cm³/mol. The molecule has 1 aliphatic heterocycles. The van der Waals surface area contributed by atoms with Crippen molar-refractivity contribution >= 4 is 41.7 Å². The van der Waals surface area contributed by atoms with Crippen molar-refractivity contribution in [2.75, 3.05) is 19.7 Å². The number of fused-ring (bicyclic) bond motifs is 1. The number of benzene rings is 1. The molecule has 1 heterocycles. The first-order valence-corrected chi connectivity index (χ1v) is 19.8. The molecule has 3 aliphatic rings. The highest BCUT2D eigenvalue weighted by atomic mass is 32.2. The number of rotatable bonds is 17. The fraction of sp³-hybridized carbons (Fsp3) is 0.718. The molecule has 11 nitrogen and oxygen atoms in total. The lowest BCUT2D eigenvalue weighted by Gasteiger charge is -2.28. The number of carboxylic acid groups (broad SMARTS) is 1. The molecule has 0 bridgehead atoms. The predicted octanol–water partition coefficient (Wildman–Crippen LogP) is 6.06. The molecule has 0 spiro atoms. The first-order valence-electron chi connectivity index (χ1n) is 18.9. The maximum Gasteiger partial charge on any atom is 0.407 e. The van der Waals surface area contributed by atoms with Crippen LogP contribution in [0.2, 0.25) is 0 Å². The maximum absolute atomic E-state index is 13.2. The van der Waals surface area contributed by atoms with E-state index in [-0.39, 0.29) is 48.1 Å². The highest BCUT2D eigenvalue weighted by Gasteiger charge is 2.37. The van der Waals surface area contributed by atoms with Crippen LogP contribution in [0.1, 0.15) is 117 Å². The van der Waals surface area contributed by atoms with Crippen molar-refractivity contribution in [1.82, 2.24) is 20.3 Å². The normalized spacial score (nSPS) is 19.3. The fourth-order valence-corrected chi connectivity index (χ4v) is 7.15. The van der Waals surface area contributed by atoms with E-state index >= 15 is 0 Å². The van der Waals surface area contributed by atoms with Crippen LogP contribution in [0.4, 0.5) is 4.79 Å². The molecular formula is C39H62N4O7S. The van der Waals surface area contributed by atoms with Crippen LogP contribution in [0, 0.1) is 23.2 Å². The Labute approximate surface area is 309 Å². The van der Waals surface area contributed by atoms with E-state index in [1.165, 1.54) is 28.0 Å². The zero-order valence-electron chi connectivity index (χ0n) is 31.8. The molecule has 4 atom stereocenters. The molecule has 0 aromatic heterocycles. The highest BCUT2D eigenvalue weighted by Crippen LogP contribution is 2.33. The van der Waals surface area contributed by atoms with E-state index in [9.17, 15) is 29.1 Å². The number of unbranched alkanes of at least 4 members (excludes halogenated alkanes) is 1. The second kappa shape index (κ2) is 20.1. The first kappa shape index (κ1) is 42.1. The number of amides is 4. The number of likely N-dealkylation sites (tertiary alicyclic amines) is 1. The van der Waals surface area contributed by atoms with Gasteiger partial charge in [0.2, 0.25) is 11.8 Å². The Kier molecular flexibility index (Phi) is 16.6. The zero-order valence-corrected chi connectivity index (χ0v) is 32.7. The number of ether oxygens (including phenoxy) is 1. The molecule has 0 radical (unpaired) electrons. The molecular weight excluding hydrogens is 669 g/mol. The van der Waals surface area contributed by atoms with E-state index in [2.05, 4.69) is 42.2 Å². The summed E-state index contributed by atoms with van der Waals surface area (Å²) in [5, 5.41) is 15.3. The maximum atomic E-state index is 13.2. The lowest BCUT2D eigenvalue weighted by Crippen LogP contribution is -2.55. The van der Waals surface area contributed by atoms with Crippen LogP contribution in [0.3, 0.4) is 0 Å². The SMILES string of the molecule is CC(C)C.CC[C@H](C)C(NC(=O)C1CCCN1C(=O)CNC(=O)OCC(C)(C)CCCCc1cccc2c1CC(C(=O)O)C2)C(=O)NSC1CC1. The van der Waals surface area contributed by atoms with E-state index in [0.717, 1.165) is 50.0 Å². The van der Waals surface area contributed by atoms with Gasteiger partial charge >= 0.3 is 12.1 Å². The quantitative estimate of drug-likeness (QED) is 0.111. The number of alkyl carbamates (subject to hydrolysis) is 1. The summed E-state index contributed by atoms with van der Waals surface area (Å²) in [6, 6.07) is 4.77. The summed E-state index contributed by atoms with van der Waals surface area (Å²) in [6.07, 6.45) is 8.17. The van der Waals surface area contributed by atoms with Crippen molar-refractivity contribution < 1.29 is 33.8 Å². The molecule has 1 saturated heterocycles. The van der Waals surface area contributed by atoms with E-state index in [4.69, 9.17) is 4.74 Å². The summed E-state index contributed by atoms with van der Waals surface area (Å²) >= 11 is 1.41.